The Labute approximate surface area is 294 Å². The number of benzene rings is 8. The van der Waals surface area contributed by atoms with Gasteiger partial charge in [-0.2, -0.15) is 0 Å². The summed E-state index contributed by atoms with van der Waals surface area (Å²) in [5.41, 5.74) is 11.8. The zero-order valence-electron chi connectivity index (χ0n) is 27.5. The number of nitrogens with zero attached hydrogens (tertiary/aromatic N) is 2. The first-order chi connectivity index (χ1) is 25.2. The second-order valence-electron chi connectivity index (χ2n) is 12.8. The Morgan fingerprint density at radius 1 is 0.373 bits per heavy atom. The van der Waals surface area contributed by atoms with Crippen LogP contribution in [0.15, 0.2) is 191 Å². The molecule has 4 heteroatoms. The predicted octanol–water partition coefficient (Wildman–Crippen LogP) is 13.4. The number of rotatable bonds is 6. The van der Waals surface area contributed by atoms with E-state index in [0.29, 0.717) is 11.5 Å². The van der Waals surface area contributed by atoms with Gasteiger partial charge < -0.3 is 13.7 Å². The average Bonchev–Trinajstić information content (AvgIpc) is 3.78. The second-order valence-corrected chi connectivity index (χ2v) is 12.8. The third-order valence-corrected chi connectivity index (χ3v) is 9.66. The Morgan fingerprint density at radius 3 is 1.73 bits per heavy atom. The molecule has 240 valence electrons. The van der Waals surface area contributed by atoms with E-state index in [1.807, 2.05) is 36.4 Å². The molecule has 0 radical (unpaired) electrons. The van der Waals surface area contributed by atoms with Crippen molar-refractivity contribution >= 4 is 60.9 Å². The highest BCUT2D eigenvalue weighted by atomic mass is 16.4. The molecule has 2 heterocycles. The molecule has 0 atom stereocenters. The molecule has 0 aliphatic heterocycles. The quantitative estimate of drug-likeness (QED) is 0.179. The number of oxazole rings is 1. The summed E-state index contributed by atoms with van der Waals surface area (Å²) in [5, 5.41) is 4.37. The molecular weight excluding hydrogens is 625 g/mol. The number of hydrogen-bond acceptors (Lipinski definition) is 4. The van der Waals surface area contributed by atoms with Crippen LogP contribution in [-0.4, -0.2) is 4.98 Å². The summed E-state index contributed by atoms with van der Waals surface area (Å²) in [6.45, 7) is 0. The molecule has 51 heavy (non-hydrogen) atoms. The van der Waals surface area contributed by atoms with Gasteiger partial charge in [0.25, 0.3) is 0 Å². The van der Waals surface area contributed by atoms with Crippen LogP contribution >= 0.6 is 0 Å². The van der Waals surface area contributed by atoms with E-state index < -0.39 is 0 Å². The van der Waals surface area contributed by atoms with Crippen molar-refractivity contribution in [2.75, 3.05) is 4.90 Å². The lowest BCUT2D eigenvalue weighted by Crippen LogP contribution is -2.10. The molecular formula is C47H30N2O2. The van der Waals surface area contributed by atoms with Gasteiger partial charge in [-0.05, 0) is 82.2 Å². The van der Waals surface area contributed by atoms with Gasteiger partial charge in [-0.1, -0.05) is 115 Å². The largest absolute Gasteiger partial charge is 0.456 e. The Kier molecular flexibility index (Phi) is 6.78. The van der Waals surface area contributed by atoms with E-state index in [1.54, 1.807) is 0 Å². The number of aromatic nitrogens is 1. The van der Waals surface area contributed by atoms with Crippen molar-refractivity contribution in [1.82, 2.24) is 4.98 Å². The fourth-order valence-electron chi connectivity index (χ4n) is 7.16. The van der Waals surface area contributed by atoms with Gasteiger partial charge in [-0.3, -0.25) is 0 Å². The molecule has 0 saturated heterocycles. The van der Waals surface area contributed by atoms with E-state index in [1.165, 1.54) is 22.1 Å². The van der Waals surface area contributed by atoms with Crippen LogP contribution in [0.3, 0.4) is 0 Å². The van der Waals surface area contributed by atoms with Crippen LogP contribution in [0.25, 0.3) is 77.5 Å². The molecule has 0 bridgehead atoms. The normalized spacial score (nSPS) is 11.5. The van der Waals surface area contributed by atoms with E-state index in [4.69, 9.17) is 13.8 Å². The molecule has 0 aliphatic carbocycles. The van der Waals surface area contributed by atoms with Crippen molar-refractivity contribution in [2.45, 2.75) is 0 Å². The fourth-order valence-corrected chi connectivity index (χ4v) is 7.16. The number of anilines is 3. The highest BCUT2D eigenvalue weighted by Crippen LogP contribution is 2.44. The zero-order valence-corrected chi connectivity index (χ0v) is 27.5. The van der Waals surface area contributed by atoms with Crippen LogP contribution in [0.4, 0.5) is 17.1 Å². The minimum absolute atomic E-state index is 0.601. The average molecular weight is 655 g/mol. The van der Waals surface area contributed by atoms with E-state index in [0.717, 1.165) is 61.0 Å². The van der Waals surface area contributed by atoms with Crippen LogP contribution < -0.4 is 4.90 Å². The molecule has 0 aliphatic rings. The fraction of sp³-hybridized carbons (Fsp3) is 0. The van der Waals surface area contributed by atoms with Gasteiger partial charge in [-0.15, -0.1) is 0 Å². The standard InChI is InChI=1S/C47H30N2O2/c1-4-12-31(13-5-1)33-20-22-37(23-21-33)49(43-27-36(32-14-6-2-7-15-32)26-35-18-10-11-19-39(35)43)38-24-25-40-41-29-42-46(30-45(41)50-44(40)28-38)51-47(48-42)34-16-8-3-9-17-34/h1-30H. The Balaban J connectivity index is 1.15. The van der Waals surface area contributed by atoms with Gasteiger partial charge in [0.2, 0.25) is 5.89 Å². The predicted molar refractivity (Wildman–Crippen MR) is 210 cm³/mol. The van der Waals surface area contributed by atoms with Crippen LogP contribution in [0.5, 0.6) is 0 Å². The summed E-state index contributed by atoms with van der Waals surface area (Å²) >= 11 is 0. The van der Waals surface area contributed by atoms with Gasteiger partial charge in [0.15, 0.2) is 5.58 Å². The molecule has 0 N–H and O–H groups in total. The zero-order chi connectivity index (χ0) is 33.7. The SMILES string of the molecule is c1ccc(-c2ccc(N(c3ccc4c(c3)oc3cc5oc(-c6ccccc6)nc5cc34)c3cc(-c4ccccc4)cc4ccccc34)cc2)cc1. The lowest BCUT2D eigenvalue weighted by atomic mass is 9.98. The second kappa shape index (κ2) is 11.9. The molecule has 0 fully saturated rings. The molecule has 0 unspecified atom stereocenters. The van der Waals surface area contributed by atoms with Gasteiger partial charge in [0.05, 0.1) is 5.69 Å². The van der Waals surface area contributed by atoms with Crippen molar-refractivity contribution in [3.8, 4) is 33.7 Å². The molecule has 4 nitrogen and oxygen atoms in total. The first-order valence-corrected chi connectivity index (χ1v) is 17.1. The van der Waals surface area contributed by atoms with E-state index in [9.17, 15) is 0 Å². The smallest absolute Gasteiger partial charge is 0.227 e. The molecule has 10 rings (SSSR count). The summed E-state index contributed by atoms with van der Waals surface area (Å²) in [4.78, 5) is 7.16. The molecule has 8 aromatic carbocycles. The van der Waals surface area contributed by atoms with Crippen molar-refractivity contribution < 1.29 is 8.83 Å². The summed E-state index contributed by atoms with van der Waals surface area (Å²) in [7, 11) is 0. The summed E-state index contributed by atoms with van der Waals surface area (Å²) in [6, 6.07) is 63.6. The maximum atomic E-state index is 6.58. The van der Waals surface area contributed by atoms with Gasteiger partial charge in [-0.25, -0.2) is 4.98 Å². The van der Waals surface area contributed by atoms with Crippen LogP contribution in [0.2, 0.25) is 0 Å². The van der Waals surface area contributed by atoms with Crippen LogP contribution in [-0.2, 0) is 0 Å². The highest BCUT2D eigenvalue weighted by Gasteiger charge is 2.20. The third-order valence-electron chi connectivity index (χ3n) is 9.66. The Hall–Kier alpha value is -6.91. The van der Waals surface area contributed by atoms with Crippen molar-refractivity contribution in [3.05, 3.63) is 182 Å². The Morgan fingerprint density at radius 2 is 0.980 bits per heavy atom. The van der Waals surface area contributed by atoms with Crippen molar-refractivity contribution in [3.63, 3.8) is 0 Å². The van der Waals surface area contributed by atoms with Crippen molar-refractivity contribution in [1.29, 1.82) is 0 Å². The minimum atomic E-state index is 0.601. The Bertz CT molecular complexity index is 2840. The lowest BCUT2D eigenvalue weighted by Gasteiger charge is -2.28. The number of hydrogen-bond donors (Lipinski definition) is 0. The van der Waals surface area contributed by atoms with Gasteiger partial charge in [0.1, 0.15) is 16.7 Å². The van der Waals surface area contributed by atoms with E-state index >= 15 is 0 Å². The van der Waals surface area contributed by atoms with E-state index in [2.05, 4.69) is 150 Å². The lowest BCUT2D eigenvalue weighted by molar-refractivity contribution is 0.617. The third kappa shape index (κ3) is 5.13. The summed E-state index contributed by atoms with van der Waals surface area (Å²) in [5.74, 6) is 0.601. The monoisotopic (exact) mass is 654 g/mol. The molecule has 10 aromatic rings. The summed E-state index contributed by atoms with van der Waals surface area (Å²) < 4.78 is 12.8. The van der Waals surface area contributed by atoms with Gasteiger partial charge >= 0.3 is 0 Å². The van der Waals surface area contributed by atoms with Crippen molar-refractivity contribution in [2.24, 2.45) is 0 Å². The number of fused-ring (bicyclic) bond motifs is 5. The molecule has 0 amide bonds. The molecule has 0 spiro atoms. The highest BCUT2D eigenvalue weighted by molar-refractivity contribution is 6.10. The van der Waals surface area contributed by atoms with Crippen LogP contribution in [0.1, 0.15) is 0 Å². The van der Waals surface area contributed by atoms with Crippen LogP contribution in [0, 0.1) is 0 Å². The van der Waals surface area contributed by atoms with Gasteiger partial charge in [0, 0.05) is 45.2 Å². The maximum Gasteiger partial charge on any atom is 0.227 e. The first-order valence-electron chi connectivity index (χ1n) is 17.1. The van der Waals surface area contributed by atoms with E-state index in [-0.39, 0.29) is 0 Å². The topological polar surface area (TPSA) is 42.4 Å². The number of furan rings is 1. The molecule has 0 saturated carbocycles. The minimum Gasteiger partial charge on any atom is -0.456 e. The molecule has 2 aromatic heterocycles. The maximum absolute atomic E-state index is 6.58. The summed E-state index contributed by atoms with van der Waals surface area (Å²) in [6.07, 6.45) is 0. The first kappa shape index (κ1) is 29.0.